The number of halogens is 3. The summed E-state index contributed by atoms with van der Waals surface area (Å²) in [4.78, 5) is 13.4. The fraction of sp³-hybridized carbons (Fsp3) is 0.143. The lowest BCUT2D eigenvalue weighted by atomic mass is 10.4. The van der Waals surface area contributed by atoms with Gasteiger partial charge in [-0.15, -0.1) is 11.3 Å². The SMILES string of the molecule is NC(=Cc1cnc(C(F)(F)F)s1)C(=O)O. The van der Waals surface area contributed by atoms with E-state index < -0.39 is 22.9 Å². The molecule has 0 amide bonds. The molecule has 0 aliphatic carbocycles. The molecule has 0 radical (unpaired) electrons. The van der Waals surface area contributed by atoms with E-state index in [1.807, 2.05) is 0 Å². The van der Waals surface area contributed by atoms with Crippen LogP contribution in [-0.2, 0) is 11.0 Å². The second-order valence-corrected chi connectivity index (χ2v) is 3.53. The zero-order chi connectivity index (χ0) is 11.6. The predicted molar refractivity (Wildman–Crippen MR) is 46.9 cm³/mol. The van der Waals surface area contributed by atoms with Crippen LogP contribution in [0.2, 0.25) is 0 Å². The number of carboxylic acid groups (broad SMARTS) is 1. The number of hydrogen-bond donors (Lipinski definition) is 2. The summed E-state index contributed by atoms with van der Waals surface area (Å²) in [7, 11) is 0. The van der Waals surface area contributed by atoms with Crippen LogP contribution in [0.25, 0.3) is 6.08 Å². The van der Waals surface area contributed by atoms with Gasteiger partial charge in [-0.1, -0.05) is 0 Å². The van der Waals surface area contributed by atoms with Gasteiger partial charge in [0, 0.05) is 11.1 Å². The molecule has 0 saturated carbocycles. The van der Waals surface area contributed by atoms with Crippen LogP contribution >= 0.6 is 11.3 Å². The van der Waals surface area contributed by atoms with E-state index in [1.54, 1.807) is 0 Å². The summed E-state index contributed by atoms with van der Waals surface area (Å²) in [5.74, 6) is -1.39. The minimum Gasteiger partial charge on any atom is -0.477 e. The summed E-state index contributed by atoms with van der Waals surface area (Å²) in [6.45, 7) is 0. The molecule has 0 spiro atoms. The van der Waals surface area contributed by atoms with Gasteiger partial charge in [-0.05, 0) is 6.08 Å². The molecule has 0 aromatic carbocycles. The minimum absolute atomic E-state index is 0.0437. The van der Waals surface area contributed by atoms with E-state index >= 15 is 0 Å². The molecule has 0 saturated heterocycles. The lowest BCUT2D eigenvalue weighted by Gasteiger charge is -1.98. The predicted octanol–water partition coefficient (Wildman–Crippen LogP) is 1.55. The Hall–Kier alpha value is -1.57. The summed E-state index contributed by atoms with van der Waals surface area (Å²) in [6, 6.07) is 0. The fourth-order valence-electron chi connectivity index (χ4n) is 0.699. The van der Waals surface area contributed by atoms with Crippen molar-refractivity contribution in [3.63, 3.8) is 0 Å². The molecule has 1 rings (SSSR count). The Bertz CT molecular complexity index is 411. The first-order valence-electron chi connectivity index (χ1n) is 3.54. The molecule has 82 valence electrons. The van der Waals surface area contributed by atoms with E-state index in [-0.39, 0.29) is 4.88 Å². The summed E-state index contributed by atoms with van der Waals surface area (Å²) in [5, 5.41) is 7.34. The third-order valence-electron chi connectivity index (χ3n) is 1.31. The van der Waals surface area contributed by atoms with Gasteiger partial charge < -0.3 is 10.8 Å². The van der Waals surface area contributed by atoms with E-state index in [4.69, 9.17) is 10.8 Å². The number of rotatable bonds is 2. The van der Waals surface area contributed by atoms with Crippen molar-refractivity contribution in [3.05, 3.63) is 21.8 Å². The summed E-state index contributed by atoms with van der Waals surface area (Å²) in [6.07, 6.45) is -2.67. The summed E-state index contributed by atoms with van der Waals surface area (Å²) >= 11 is 0.330. The van der Waals surface area contributed by atoms with Crippen LogP contribution in [0.3, 0.4) is 0 Å². The molecule has 4 nitrogen and oxygen atoms in total. The molecule has 1 aromatic rings. The highest BCUT2D eigenvalue weighted by Gasteiger charge is 2.34. The van der Waals surface area contributed by atoms with Crippen molar-refractivity contribution in [1.29, 1.82) is 0 Å². The average Bonchev–Trinajstić information content (AvgIpc) is 2.51. The number of aliphatic carboxylic acids is 1. The lowest BCUT2D eigenvalue weighted by Crippen LogP contribution is -2.08. The van der Waals surface area contributed by atoms with Crippen LogP contribution in [-0.4, -0.2) is 16.1 Å². The number of aromatic nitrogens is 1. The summed E-state index contributed by atoms with van der Waals surface area (Å²) < 4.78 is 36.2. The smallest absolute Gasteiger partial charge is 0.443 e. The lowest BCUT2D eigenvalue weighted by molar-refractivity contribution is -0.137. The first kappa shape index (κ1) is 11.5. The highest BCUT2D eigenvalue weighted by atomic mass is 32.1. The van der Waals surface area contributed by atoms with Gasteiger partial charge in [0.2, 0.25) is 0 Å². The van der Waals surface area contributed by atoms with Crippen LogP contribution in [0.5, 0.6) is 0 Å². The Balaban J connectivity index is 2.96. The number of nitrogens with zero attached hydrogens (tertiary/aromatic N) is 1. The molecule has 1 heterocycles. The second-order valence-electron chi connectivity index (χ2n) is 2.47. The van der Waals surface area contributed by atoms with E-state index in [2.05, 4.69) is 4.98 Å². The first-order valence-corrected chi connectivity index (χ1v) is 4.36. The summed E-state index contributed by atoms with van der Waals surface area (Å²) in [5.41, 5.74) is 4.49. The Kier molecular flexibility index (Phi) is 2.98. The quantitative estimate of drug-likeness (QED) is 0.766. The molecule has 1 aromatic heterocycles. The van der Waals surface area contributed by atoms with Crippen molar-refractivity contribution in [2.75, 3.05) is 0 Å². The Morgan fingerprint density at radius 2 is 2.20 bits per heavy atom. The van der Waals surface area contributed by atoms with Crippen LogP contribution in [0.15, 0.2) is 11.9 Å². The van der Waals surface area contributed by atoms with Crippen molar-refractivity contribution in [2.24, 2.45) is 5.73 Å². The van der Waals surface area contributed by atoms with E-state index in [0.29, 0.717) is 11.3 Å². The Morgan fingerprint density at radius 1 is 1.60 bits per heavy atom. The molecular weight excluding hydrogens is 233 g/mol. The maximum absolute atomic E-state index is 12.1. The van der Waals surface area contributed by atoms with Gasteiger partial charge in [0.25, 0.3) is 0 Å². The van der Waals surface area contributed by atoms with Gasteiger partial charge in [-0.2, -0.15) is 13.2 Å². The number of thiazole rings is 1. The third kappa shape index (κ3) is 2.94. The highest BCUT2D eigenvalue weighted by molar-refractivity contribution is 7.12. The zero-order valence-electron chi connectivity index (χ0n) is 7.08. The molecular formula is C7H5F3N2O2S. The van der Waals surface area contributed by atoms with Crippen molar-refractivity contribution in [1.82, 2.24) is 4.98 Å². The number of nitrogens with two attached hydrogens (primary N) is 1. The Labute approximate surface area is 85.9 Å². The number of alkyl halides is 3. The minimum atomic E-state index is -4.52. The van der Waals surface area contributed by atoms with E-state index in [0.717, 1.165) is 12.3 Å². The van der Waals surface area contributed by atoms with Crippen LogP contribution in [0, 0.1) is 0 Å². The zero-order valence-corrected chi connectivity index (χ0v) is 7.89. The third-order valence-corrected chi connectivity index (χ3v) is 2.30. The second kappa shape index (κ2) is 3.89. The molecule has 0 aliphatic rings. The van der Waals surface area contributed by atoms with Crippen molar-refractivity contribution in [3.8, 4) is 0 Å². The molecule has 0 bridgehead atoms. The fourth-order valence-corrected chi connectivity index (χ4v) is 1.44. The van der Waals surface area contributed by atoms with Gasteiger partial charge in [-0.25, -0.2) is 9.78 Å². The van der Waals surface area contributed by atoms with Gasteiger partial charge >= 0.3 is 12.1 Å². The van der Waals surface area contributed by atoms with Crippen molar-refractivity contribution < 1.29 is 23.1 Å². The molecule has 0 fully saturated rings. The maximum Gasteiger partial charge on any atom is 0.443 e. The molecule has 3 N–H and O–H groups in total. The molecule has 15 heavy (non-hydrogen) atoms. The van der Waals surface area contributed by atoms with Gasteiger partial charge in [0.1, 0.15) is 5.70 Å². The number of hydrogen-bond acceptors (Lipinski definition) is 4. The van der Waals surface area contributed by atoms with E-state index in [9.17, 15) is 18.0 Å². The number of carboxylic acids is 1. The molecule has 8 heteroatoms. The van der Waals surface area contributed by atoms with Gasteiger partial charge in [0.15, 0.2) is 5.01 Å². The van der Waals surface area contributed by atoms with Gasteiger partial charge in [-0.3, -0.25) is 0 Å². The highest BCUT2D eigenvalue weighted by Crippen LogP contribution is 2.32. The van der Waals surface area contributed by atoms with Crippen molar-refractivity contribution >= 4 is 23.4 Å². The van der Waals surface area contributed by atoms with Crippen LogP contribution in [0.1, 0.15) is 9.88 Å². The monoisotopic (exact) mass is 238 g/mol. The molecule has 0 unspecified atom stereocenters. The standard InChI is InChI=1S/C7H5F3N2O2S/c8-7(9,10)6-12-2-3(15-6)1-4(11)5(13)14/h1-2H,11H2,(H,13,14). The maximum atomic E-state index is 12.1. The van der Waals surface area contributed by atoms with E-state index in [1.165, 1.54) is 0 Å². The Morgan fingerprint density at radius 3 is 2.60 bits per heavy atom. The van der Waals surface area contributed by atoms with Crippen LogP contribution in [0.4, 0.5) is 13.2 Å². The van der Waals surface area contributed by atoms with Crippen molar-refractivity contribution in [2.45, 2.75) is 6.18 Å². The number of carbonyl (C=O) groups is 1. The first-order chi connectivity index (χ1) is 6.80. The average molecular weight is 238 g/mol. The molecule has 0 aliphatic heterocycles. The molecule has 0 atom stereocenters. The van der Waals surface area contributed by atoms with Crippen LogP contribution < -0.4 is 5.73 Å². The van der Waals surface area contributed by atoms with Gasteiger partial charge in [0.05, 0.1) is 0 Å². The normalized spacial score (nSPS) is 12.9. The topological polar surface area (TPSA) is 76.2 Å². The largest absolute Gasteiger partial charge is 0.477 e.